The van der Waals surface area contributed by atoms with Crippen molar-refractivity contribution in [1.82, 2.24) is 19.9 Å². The minimum Gasteiger partial charge on any atom is -0.461 e. The Kier molecular flexibility index (Phi) is 4.89. The number of amides is 1. The Bertz CT molecular complexity index is 777. The van der Waals surface area contributed by atoms with Gasteiger partial charge in [-0.1, -0.05) is 5.16 Å². The lowest BCUT2D eigenvalue weighted by atomic mass is 10.1. The highest BCUT2D eigenvalue weighted by Gasteiger charge is 2.28. The molecule has 1 amide bonds. The Morgan fingerprint density at radius 3 is 2.92 bits per heavy atom. The number of fused-ring (bicyclic) bond motifs is 1. The summed E-state index contributed by atoms with van der Waals surface area (Å²) in [6.45, 7) is 4.06. The molecule has 0 radical (unpaired) electrons. The summed E-state index contributed by atoms with van der Waals surface area (Å²) in [4.78, 5) is 30.8. The molecule has 1 aliphatic heterocycles. The van der Waals surface area contributed by atoms with E-state index >= 15 is 0 Å². The van der Waals surface area contributed by atoms with Crippen LogP contribution in [0.1, 0.15) is 44.9 Å². The van der Waals surface area contributed by atoms with Crippen LogP contribution in [0.25, 0.3) is 0 Å². The maximum absolute atomic E-state index is 12.0. The molecular formula is C17H22N4O4. The summed E-state index contributed by atoms with van der Waals surface area (Å²) in [6.07, 6.45) is 0.686. The molecule has 1 aliphatic rings. The first-order valence-electron chi connectivity index (χ1n) is 8.26. The van der Waals surface area contributed by atoms with Gasteiger partial charge in [-0.25, -0.2) is 4.79 Å². The molecule has 8 nitrogen and oxygen atoms in total. The lowest BCUT2D eigenvalue weighted by Gasteiger charge is -2.25. The summed E-state index contributed by atoms with van der Waals surface area (Å²) in [6, 6.07) is 3.70. The SMILES string of the molecule is CCOC(=O)c1noc2c1CN(Cc1ccc(C(=O)N(C)C)[nH]1)CC2. The van der Waals surface area contributed by atoms with Gasteiger partial charge in [0.1, 0.15) is 11.5 Å². The molecule has 0 atom stereocenters. The van der Waals surface area contributed by atoms with Crippen molar-refractivity contribution in [1.29, 1.82) is 0 Å². The fourth-order valence-corrected chi connectivity index (χ4v) is 2.90. The van der Waals surface area contributed by atoms with Crippen molar-refractivity contribution < 1.29 is 18.8 Å². The number of aromatic amines is 1. The molecule has 2 aromatic heterocycles. The average Bonchev–Trinajstić information content (AvgIpc) is 3.21. The number of carbonyl (C=O) groups is 2. The molecule has 3 rings (SSSR count). The third-order valence-corrected chi connectivity index (χ3v) is 4.15. The van der Waals surface area contributed by atoms with Gasteiger partial charge in [0.05, 0.1) is 6.61 Å². The smallest absolute Gasteiger partial charge is 0.360 e. The van der Waals surface area contributed by atoms with E-state index in [2.05, 4.69) is 15.0 Å². The fraction of sp³-hybridized carbons (Fsp3) is 0.471. The molecule has 0 aliphatic carbocycles. The van der Waals surface area contributed by atoms with E-state index in [4.69, 9.17) is 9.26 Å². The molecule has 0 aromatic carbocycles. The van der Waals surface area contributed by atoms with Crippen molar-refractivity contribution in [3.8, 4) is 0 Å². The first-order chi connectivity index (χ1) is 12.0. The van der Waals surface area contributed by atoms with Crippen molar-refractivity contribution in [2.75, 3.05) is 27.2 Å². The van der Waals surface area contributed by atoms with Gasteiger partial charge in [0.25, 0.3) is 5.91 Å². The van der Waals surface area contributed by atoms with Crippen LogP contribution < -0.4 is 0 Å². The molecule has 1 N–H and O–H groups in total. The van der Waals surface area contributed by atoms with E-state index in [1.54, 1.807) is 27.1 Å². The van der Waals surface area contributed by atoms with Gasteiger partial charge >= 0.3 is 5.97 Å². The Hall–Kier alpha value is -2.61. The van der Waals surface area contributed by atoms with E-state index in [9.17, 15) is 9.59 Å². The third kappa shape index (κ3) is 3.58. The standard InChI is InChI=1S/C17H22N4O4/c1-4-24-17(23)15-12-10-21(8-7-14(12)25-19-15)9-11-5-6-13(18-11)16(22)20(2)3/h5-6,18H,4,7-10H2,1-3H3. The Morgan fingerprint density at radius 2 is 2.20 bits per heavy atom. The zero-order valence-corrected chi connectivity index (χ0v) is 14.7. The molecule has 2 aromatic rings. The number of nitrogens with one attached hydrogen (secondary N) is 1. The number of ether oxygens (including phenoxy) is 1. The Morgan fingerprint density at radius 1 is 1.40 bits per heavy atom. The normalized spacial score (nSPS) is 14.2. The predicted molar refractivity (Wildman–Crippen MR) is 89.1 cm³/mol. The van der Waals surface area contributed by atoms with Crippen LogP contribution in [0.4, 0.5) is 0 Å². The van der Waals surface area contributed by atoms with E-state index in [0.717, 1.165) is 23.6 Å². The second kappa shape index (κ2) is 7.10. The van der Waals surface area contributed by atoms with Crippen molar-refractivity contribution in [2.24, 2.45) is 0 Å². The second-order valence-corrected chi connectivity index (χ2v) is 6.21. The van der Waals surface area contributed by atoms with Crippen LogP contribution in [0.5, 0.6) is 0 Å². The topological polar surface area (TPSA) is 91.7 Å². The van der Waals surface area contributed by atoms with Crippen LogP contribution in [0.2, 0.25) is 0 Å². The van der Waals surface area contributed by atoms with Crippen LogP contribution in [-0.2, 0) is 24.2 Å². The number of carbonyl (C=O) groups excluding carboxylic acids is 2. The van der Waals surface area contributed by atoms with Crippen molar-refractivity contribution in [3.05, 3.63) is 40.5 Å². The summed E-state index contributed by atoms with van der Waals surface area (Å²) >= 11 is 0. The zero-order chi connectivity index (χ0) is 18.0. The summed E-state index contributed by atoms with van der Waals surface area (Å²) in [5, 5.41) is 3.87. The van der Waals surface area contributed by atoms with Crippen molar-refractivity contribution in [2.45, 2.75) is 26.4 Å². The van der Waals surface area contributed by atoms with Crippen molar-refractivity contribution >= 4 is 11.9 Å². The van der Waals surface area contributed by atoms with Crippen LogP contribution >= 0.6 is 0 Å². The monoisotopic (exact) mass is 346 g/mol. The maximum Gasteiger partial charge on any atom is 0.360 e. The lowest BCUT2D eigenvalue weighted by molar-refractivity contribution is 0.0512. The van der Waals surface area contributed by atoms with Gasteiger partial charge in [-0.05, 0) is 19.1 Å². The highest BCUT2D eigenvalue weighted by atomic mass is 16.5. The fourth-order valence-electron chi connectivity index (χ4n) is 2.90. The molecule has 0 bridgehead atoms. The molecule has 25 heavy (non-hydrogen) atoms. The van der Waals surface area contributed by atoms with E-state index in [1.165, 1.54) is 4.90 Å². The Labute approximate surface area is 145 Å². The number of esters is 1. The van der Waals surface area contributed by atoms with E-state index in [1.807, 2.05) is 6.07 Å². The van der Waals surface area contributed by atoms with Crippen LogP contribution in [0.15, 0.2) is 16.7 Å². The molecule has 0 spiro atoms. The van der Waals surface area contributed by atoms with Crippen molar-refractivity contribution in [3.63, 3.8) is 0 Å². The summed E-state index contributed by atoms with van der Waals surface area (Å²) < 4.78 is 10.3. The summed E-state index contributed by atoms with van der Waals surface area (Å²) in [7, 11) is 3.44. The largest absolute Gasteiger partial charge is 0.461 e. The van der Waals surface area contributed by atoms with Gasteiger partial charge in [0.15, 0.2) is 5.69 Å². The molecule has 0 fully saturated rings. The van der Waals surface area contributed by atoms with Crippen LogP contribution in [-0.4, -0.2) is 59.1 Å². The minimum absolute atomic E-state index is 0.0594. The van der Waals surface area contributed by atoms with Gasteiger partial charge < -0.3 is 19.1 Å². The number of hydrogen-bond donors (Lipinski definition) is 1. The van der Waals surface area contributed by atoms with Gasteiger partial charge in [-0.2, -0.15) is 0 Å². The van der Waals surface area contributed by atoms with Crippen LogP contribution in [0.3, 0.4) is 0 Å². The Balaban J connectivity index is 1.70. The molecule has 8 heteroatoms. The quantitative estimate of drug-likeness (QED) is 0.824. The molecular weight excluding hydrogens is 324 g/mol. The first kappa shape index (κ1) is 17.2. The number of aromatic nitrogens is 2. The van der Waals surface area contributed by atoms with E-state index in [-0.39, 0.29) is 11.6 Å². The second-order valence-electron chi connectivity index (χ2n) is 6.21. The number of H-pyrrole nitrogens is 1. The number of nitrogens with zero attached hydrogens (tertiary/aromatic N) is 3. The van der Waals surface area contributed by atoms with Gasteiger partial charge in [-0.15, -0.1) is 0 Å². The molecule has 134 valence electrons. The molecule has 0 saturated carbocycles. The average molecular weight is 346 g/mol. The molecule has 3 heterocycles. The lowest BCUT2D eigenvalue weighted by Crippen LogP contribution is -2.30. The van der Waals surface area contributed by atoms with Crippen LogP contribution in [0, 0.1) is 0 Å². The minimum atomic E-state index is -0.451. The summed E-state index contributed by atoms with van der Waals surface area (Å²) in [5.74, 6) is 0.234. The molecule has 0 unspecified atom stereocenters. The number of hydrogen-bond acceptors (Lipinski definition) is 6. The zero-order valence-electron chi connectivity index (χ0n) is 14.7. The van der Waals surface area contributed by atoms with E-state index < -0.39 is 5.97 Å². The highest BCUT2D eigenvalue weighted by Crippen LogP contribution is 2.24. The summed E-state index contributed by atoms with van der Waals surface area (Å²) in [5.41, 5.74) is 2.56. The van der Waals surface area contributed by atoms with Gasteiger partial charge in [-0.3, -0.25) is 9.69 Å². The molecule has 0 saturated heterocycles. The predicted octanol–water partition coefficient (Wildman–Crippen LogP) is 1.44. The van der Waals surface area contributed by atoms with Gasteiger partial charge in [0.2, 0.25) is 0 Å². The number of rotatable bonds is 5. The highest BCUT2D eigenvalue weighted by molar-refractivity contribution is 5.92. The van der Waals surface area contributed by atoms with Gasteiger partial charge in [0, 0.05) is 51.4 Å². The maximum atomic E-state index is 12.0. The third-order valence-electron chi connectivity index (χ3n) is 4.15. The first-order valence-corrected chi connectivity index (χ1v) is 8.26. The van der Waals surface area contributed by atoms with E-state index in [0.29, 0.717) is 31.8 Å².